The average Bonchev–Trinajstić information content (AvgIpc) is 3.42. The molecule has 2 heterocycles. The first-order valence-corrected chi connectivity index (χ1v) is 12.9. The number of aromatic nitrogens is 1. The lowest BCUT2D eigenvalue weighted by Crippen LogP contribution is -2.34. The maximum Gasteiger partial charge on any atom is 0.187 e. The first-order valence-electron chi connectivity index (χ1n) is 9.92. The lowest BCUT2D eigenvalue weighted by atomic mass is 10.2. The fourth-order valence-electron chi connectivity index (χ4n) is 3.93. The van der Waals surface area contributed by atoms with E-state index in [1.54, 1.807) is 17.0 Å². The summed E-state index contributed by atoms with van der Waals surface area (Å²) in [6, 6.07) is 13.3. The maximum atomic E-state index is 15.0. The summed E-state index contributed by atoms with van der Waals surface area (Å²) < 4.78 is 40.4. The number of rotatable bonds is 7. The van der Waals surface area contributed by atoms with Gasteiger partial charge in [-0.25, -0.2) is 17.8 Å². The normalized spacial score (nSPS) is 17.2. The Labute approximate surface area is 191 Å². The average molecular weight is 480 g/mol. The third-order valence-electron chi connectivity index (χ3n) is 5.61. The van der Waals surface area contributed by atoms with Crippen LogP contribution < -0.4 is 4.90 Å². The summed E-state index contributed by atoms with van der Waals surface area (Å²) in [5.74, 6) is -1.25. The van der Waals surface area contributed by atoms with E-state index >= 15 is 4.39 Å². The molecule has 1 aliphatic rings. The summed E-state index contributed by atoms with van der Waals surface area (Å²) in [6.07, 6.45) is 0.922. The van der Waals surface area contributed by atoms with Gasteiger partial charge in [0.15, 0.2) is 15.7 Å². The van der Waals surface area contributed by atoms with Crippen LogP contribution in [0.4, 0.5) is 10.1 Å². The highest BCUT2D eigenvalue weighted by Gasteiger charge is 2.30. The second kappa shape index (κ2) is 9.24. The number of benzene rings is 2. The number of anilines is 1. The number of sulfone groups is 1. The quantitative estimate of drug-likeness (QED) is 0.495. The lowest BCUT2D eigenvalue weighted by molar-refractivity contribution is 0.326. The van der Waals surface area contributed by atoms with Crippen LogP contribution in [0.3, 0.4) is 0 Å². The van der Waals surface area contributed by atoms with Gasteiger partial charge in [-0.05, 0) is 24.1 Å². The van der Waals surface area contributed by atoms with Crippen molar-refractivity contribution in [2.45, 2.75) is 29.7 Å². The minimum absolute atomic E-state index is 0.164. The summed E-state index contributed by atoms with van der Waals surface area (Å²) >= 11 is 7.62. The van der Waals surface area contributed by atoms with Gasteiger partial charge in [-0.2, -0.15) is 0 Å². The number of likely N-dealkylation sites (tertiary alicyclic amines) is 1. The van der Waals surface area contributed by atoms with Crippen LogP contribution in [0.1, 0.15) is 17.7 Å². The van der Waals surface area contributed by atoms with E-state index in [-0.39, 0.29) is 21.7 Å². The number of hydrogen-bond donors (Lipinski definition) is 0. The van der Waals surface area contributed by atoms with Gasteiger partial charge in [-0.15, -0.1) is 11.3 Å². The third kappa shape index (κ3) is 4.92. The molecule has 4 rings (SSSR count). The zero-order chi connectivity index (χ0) is 22.0. The zero-order valence-corrected chi connectivity index (χ0v) is 19.4. The highest BCUT2D eigenvalue weighted by Crippen LogP contribution is 2.35. The van der Waals surface area contributed by atoms with Gasteiger partial charge in [-0.1, -0.05) is 41.9 Å². The van der Waals surface area contributed by atoms with Crippen molar-refractivity contribution in [2.75, 3.05) is 25.0 Å². The minimum atomic E-state index is -3.88. The smallest absolute Gasteiger partial charge is 0.187 e. The molecule has 1 atom stereocenters. The Balaban J connectivity index is 1.49. The Morgan fingerprint density at radius 2 is 2.03 bits per heavy atom. The van der Waals surface area contributed by atoms with E-state index in [9.17, 15) is 8.42 Å². The predicted octanol–water partition coefficient (Wildman–Crippen LogP) is 4.62. The fourth-order valence-corrected chi connectivity index (χ4v) is 6.30. The molecule has 164 valence electrons. The van der Waals surface area contributed by atoms with Crippen LogP contribution >= 0.6 is 22.9 Å². The number of thiazole rings is 1. The Kier molecular flexibility index (Phi) is 6.62. The monoisotopic (exact) mass is 479 g/mol. The molecule has 31 heavy (non-hydrogen) atoms. The standard InChI is InChI=1S/C22H23ClFN3O2S2/c1-26(18-9-10-27(12-18)11-16-5-3-2-4-6-16)19-7-8-20(22(24)21(19)23)31(28,29)14-17-13-30-15-25-17/h2-8,13,15,18H,9-12,14H2,1H3/t18-/m0/s1. The van der Waals surface area contributed by atoms with Crippen LogP contribution in [0, 0.1) is 5.82 Å². The largest absolute Gasteiger partial charge is 0.369 e. The molecule has 0 unspecified atom stereocenters. The lowest BCUT2D eigenvalue weighted by Gasteiger charge is -2.28. The van der Waals surface area contributed by atoms with Crippen molar-refractivity contribution in [2.24, 2.45) is 0 Å². The molecule has 0 N–H and O–H groups in total. The van der Waals surface area contributed by atoms with Gasteiger partial charge < -0.3 is 4.90 Å². The molecule has 0 spiro atoms. The summed E-state index contributed by atoms with van der Waals surface area (Å²) in [4.78, 5) is 7.90. The van der Waals surface area contributed by atoms with E-state index in [0.29, 0.717) is 11.4 Å². The highest BCUT2D eigenvalue weighted by atomic mass is 35.5. The van der Waals surface area contributed by atoms with Crippen LogP contribution in [0.2, 0.25) is 5.02 Å². The van der Waals surface area contributed by atoms with Crippen LogP contribution in [0.5, 0.6) is 0 Å². The van der Waals surface area contributed by atoms with Crippen molar-refractivity contribution < 1.29 is 12.8 Å². The Bertz CT molecular complexity index is 1140. The van der Waals surface area contributed by atoms with Gasteiger partial charge in [0.2, 0.25) is 0 Å². The van der Waals surface area contributed by atoms with Gasteiger partial charge in [0.05, 0.1) is 22.6 Å². The van der Waals surface area contributed by atoms with Gasteiger partial charge in [-0.3, -0.25) is 4.90 Å². The number of nitrogens with zero attached hydrogens (tertiary/aromatic N) is 3. The Hall–Kier alpha value is -2.00. The van der Waals surface area contributed by atoms with Crippen LogP contribution in [-0.4, -0.2) is 44.5 Å². The maximum absolute atomic E-state index is 15.0. The molecule has 1 fully saturated rings. The van der Waals surface area contributed by atoms with E-state index < -0.39 is 15.7 Å². The molecule has 3 aromatic rings. The molecule has 5 nitrogen and oxygen atoms in total. The van der Waals surface area contributed by atoms with Crippen molar-refractivity contribution >= 4 is 38.5 Å². The molecule has 9 heteroatoms. The molecular weight excluding hydrogens is 457 g/mol. The first kappa shape index (κ1) is 22.2. The summed E-state index contributed by atoms with van der Waals surface area (Å²) in [5.41, 5.74) is 3.70. The van der Waals surface area contributed by atoms with Gasteiger partial charge in [0, 0.05) is 38.1 Å². The van der Waals surface area contributed by atoms with Crippen molar-refractivity contribution in [1.82, 2.24) is 9.88 Å². The van der Waals surface area contributed by atoms with E-state index in [4.69, 9.17) is 11.6 Å². The molecular formula is C22H23ClFN3O2S2. The van der Waals surface area contributed by atoms with Crippen LogP contribution in [-0.2, 0) is 22.1 Å². The molecule has 2 aromatic carbocycles. The van der Waals surface area contributed by atoms with Crippen molar-refractivity contribution in [3.63, 3.8) is 0 Å². The van der Waals surface area contributed by atoms with E-state index in [2.05, 4.69) is 22.0 Å². The zero-order valence-electron chi connectivity index (χ0n) is 17.0. The van der Waals surface area contributed by atoms with E-state index in [0.717, 1.165) is 26.1 Å². The van der Waals surface area contributed by atoms with Crippen molar-refractivity contribution in [3.05, 3.63) is 75.5 Å². The van der Waals surface area contributed by atoms with Crippen molar-refractivity contribution in [3.8, 4) is 0 Å². The molecule has 1 saturated heterocycles. The SMILES string of the molecule is CN(c1ccc(S(=O)(=O)Cc2cscn2)c(F)c1Cl)[C@H]1CCN(Cc2ccccc2)C1. The van der Waals surface area contributed by atoms with Gasteiger partial charge in [0.1, 0.15) is 9.92 Å². The van der Waals surface area contributed by atoms with Crippen LogP contribution in [0.15, 0.2) is 58.3 Å². The predicted molar refractivity (Wildman–Crippen MR) is 123 cm³/mol. The Morgan fingerprint density at radius 1 is 1.26 bits per heavy atom. The molecule has 0 bridgehead atoms. The van der Waals surface area contributed by atoms with Crippen molar-refractivity contribution in [1.29, 1.82) is 0 Å². The molecule has 0 aliphatic carbocycles. The number of halogens is 2. The third-order valence-corrected chi connectivity index (χ3v) is 8.26. The van der Waals surface area contributed by atoms with Gasteiger partial charge in [0.25, 0.3) is 0 Å². The second-order valence-corrected chi connectivity index (χ2v) is 10.8. The van der Waals surface area contributed by atoms with E-state index in [1.165, 1.54) is 23.0 Å². The fraction of sp³-hybridized carbons (Fsp3) is 0.318. The number of hydrogen-bond acceptors (Lipinski definition) is 6. The molecule has 0 saturated carbocycles. The molecule has 1 aromatic heterocycles. The van der Waals surface area contributed by atoms with Crippen LogP contribution in [0.25, 0.3) is 0 Å². The Morgan fingerprint density at radius 3 is 2.74 bits per heavy atom. The first-order chi connectivity index (χ1) is 14.8. The van der Waals surface area contributed by atoms with Gasteiger partial charge >= 0.3 is 0 Å². The van der Waals surface area contributed by atoms with E-state index in [1.807, 2.05) is 30.1 Å². The molecule has 0 radical (unpaired) electrons. The molecule has 0 amide bonds. The minimum Gasteiger partial charge on any atom is -0.369 e. The topological polar surface area (TPSA) is 53.5 Å². The summed E-state index contributed by atoms with van der Waals surface area (Å²) in [6.45, 7) is 2.62. The second-order valence-electron chi connectivity index (χ2n) is 7.72. The summed E-state index contributed by atoms with van der Waals surface area (Å²) in [5, 5.41) is 1.48. The molecule has 1 aliphatic heterocycles. The summed E-state index contributed by atoms with van der Waals surface area (Å²) in [7, 11) is -2.01. The number of likely N-dealkylation sites (N-methyl/N-ethyl adjacent to an activating group) is 1. The highest BCUT2D eigenvalue weighted by molar-refractivity contribution is 7.90.